The minimum Gasteiger partial charge on any atom is -0.376 e. The van der Waals surface area contributed by atoms with Gasteiger partial charge >= 0.3 is 0 Å². The number of thioether (sulfide) groups is 1. The van der Waals surface area contributed by atoms with Crippen LogP contribution in [0.15, 0.2) is 16.1 Å². The van der Waals surface area contributed by atoms with E-state index >= 15 is 0 Å². The highest BCUT2D eigenvalue weighted by atomic mass is 32.2. The fourth-order valence-corrected chi connectivity index (χ4v) is 3.46. The van der Waals surface area contributed by atoms with Crippen LogP contribution in [0.4, 0.5) is 0 Å². The second kappa shape index (κ2) is 5.57. The first kappa shape index (κ1) is 13.6. The van der Waals surface area contributed by atoms with Gasteiger partial charge in [-0.15, -0.1) is 0 Å². The maximum Gasteiger partial charge on any atom is 0.267 e. The van der Waals surface area contributed by atoms with Crippen molar-refractivity contribution in [2.24, 2.45) is 0 Å². The number of nitrogens with one attached hydrogen (secondary N) is 1. The number of nitrogens with zero attached hydrogens (tertiary/aromatic N) is 2. The molecule has 7 heteroatoms. The minimum atomic E-state index is -0.363. The molecule has 1 aromatic rings. The van der Waals surface area contributed by atoms with Crippen LogP contribution in [-0.4, -0.2) is 40.0 Å². The molecule has 0 spiro atoms. The number of amides is 1. The predicted molar refractivity (Wildman–Crippen MR) is 75.1 cm³/mol. The van der Waals surface area contributed by atoms with Gasteiger partial charge in [0.1, 0.15) is 5.56 Å². The molecule has 20 heavy (non-hydrogen) atoms. The van der Waals surface area contributed by atoms with Gasteiger partial charge < -0.3 is 10.1 Å². The van der Waals surface area contributed by atoms with E-state index in [1.54, 1.807) is 4.57 Å². The zero-order valence-electron chi connectivity index (χ0n) is 11.3. The molecule has 3 rings (SSSR count). The maximum atomic E-state index is 12.2. The number of fused-ring (bicyclic) bond motifs is 1. The Bertz CT molecular complexity index is 581. The average molecular weight is 295 g/mol. The van der Waals surface area contributed by atoms with Gasteiger partial charge in [-0.3, -0.25) is 14.2 Å². The Balaban J connectivity index is 1.76. The lowest BCUT2D eigenvalue weighted by Crippen LogP contribution is -2.43. The molecule has 108 valence electrons. The Morgan fingerprint density at radius 1 is 1.65 bits per heavy atom. The molecule has 0 bridgehead atoms. The fourth-order valence-electron chi connectivity index (χ4n) is 2.55. The van der Waals surface area contributed by atoms with Gasteiger partial charge in [0.25, 0.3) is 11.5 Å². The zero-order chi connectivity index (χ0) is 14.1. The third-order valence-corrected chi connectivity index (χ3v) is 4.65. The summed E-state index contributed by atoms with van der Waals surface area (Å²) in [5.41, 5.74) is -0.141. The smallest absolute Gasteiger partial charge is 0.267 e. The topological polar surface area (TPSA) is 73.2 Å². The molecular formula is C13H17N3O3S. The molecule has 1 fully saturated rings. The molecule has 1 N–H and O–H groups in total. The van der Waals surface area contributed by atoms with E-state index < -0.39 is 0 Å². The predicted octanol–water partition coefficient (Wildman–Crippen LogP) is 0.646. The van der Waals surface area contributed by atoms with Gasteiger partial charge in [0.05, 0.1) is 12.1 Å². The first-order valence-electron chi connectivity index (χ1n) is 6.82. The Labute approximate surface area is 120 Å². The summed E-state index contributed by atoms with van der Waals surface area (Å²) in [5.74, 6) is 0.470. The summed E-state index contributed by atoms with van der Waals surface area (Å²) in [5, 5.41) is 3.54. The van der Waals surface area contributed by atoms with Crippen molar-refractivity contribution < 1.29 is 9.53 Å². The van der Waals surface area contributed by atoms with Crippen molar-refractivity contribution in [2.75, 3.05) is 12.4 Å². The van der Waals surface area contributed by atoms with E-state index in [-0.39, 0.29) is 29.2 Å². The second-order valence-corrected chi connectivity index (χ2v) is 6.14. The third kappa shape index (κ3) is 2.47. The summed E-state index contributed by atoms with van der Waals surface area (Å²) in [6.07, 6.45) is 3.38. The number of hydrogen-bond acceptors (Lipinski definition) is 5. The third-order valence-electron chi connectivity index (χ3n) is 3.68. The Kier molecular flexibility index (Phi) is 3.80. The number of carbonyl (C=O) groups is 1. The van der Waals surface area contributed by atoms with Crippen molar-refractivity contribution in [3.63, 3.8) is 0 Å². The number of hydrogen-bond donors (Lipinski definition) is 1. The summed E-state index contributed by atoms with van der Waals surface area (Å²) in [7, 11) is 0. The van der Waals surface area contributed by atoms with Crippen LogP contribution in [-0.2, 0) is 11.3 Å². The van der Waals surface area contributed by atoms with E-state index in [1.807, 2.05) is 6.92 Å². The van der Waals surface area contributed by atoms with Crippen LogP contribution >= 0.6 is 11.8 Å². The summed E-state index contributed by atoms with van der Waals surface area (Å²) >= 11 is 1.54. The van der Waals surface area contributed by atoms with Crippen molar-refractivity contribution >= 4 is 17.7 Å². The molecule has 1 aromatic heterocycles. The monoisotopic (exact) mass is 295 g/mol. The van der Waals surface area contributed by atoms with Crippen molar-refractivity contribution in [1.29, 1.82) is 0 Å². The molecule has 3 heterocycles. The van der Waals surface area contributed by atoms with E-state index in [2.05, 4.69) is 10.3 Å². The van der Waals surface area contributed by atoms with Gasteiger partial charge in [-0.1, -0.05) is 11.8 Å². The van der Waals surface area contributed by atoms with Crippen molar-refractivity contribution in [3.05, 3.63) is 22.1 Å². The minimum absolute atomic E-state index is 0.0413. The van der Waals surface area contributed by atoms with Gasteiger partial charge in [0.2, 0.25) is 0 Å². The molecule has 0 aromatic carbocycles. The molecule has 0 aliphatic carbocycles. The van der Waals surface area contributed by atoms with Gasteiger partial charge in [-0.25, -0.2) is 4.98 Å². The SMILES string of the molecule is C[C@H](NC(=O)c1cnc2n(c1=O)CCS2)[C@@H]1CCCO1. The standard InChI is InChI=1S/C13H17N3O3S/c1-8(10-3-2-5-19-10)15-11(17)9-7-14-13-16(12(9)18)4-6-20-13/h7-8,10H,2-6H2,1H3,(H,15,17)/t8-,10-/m0/s1. The average Bonchev–Trinajstić information content (AvgIpc) is 3.10. The van der Waals surface area contributed by atoms with Crippen molar-refractivity contribution in [1.82, 2.24) is 14.9 Å². The molecule has 6 nitrogen and oxygen atoms in total. The highest BCUT2D eigenvalue weighted by Gasteiger charge is 2.26. The first-order chi connectivity index (χ1) is 9.66. The normalized spacial score (nSPS) is 22.6. The van der Waals surface area contributed by atoms with Crippen molar-refractivity contribution in [3.8, 4) is 0 Å². The second-order valence-electron chi connectivity index (χ2n) is 5.07. The van der Waals surface area contributed by atoms with Crippen LogP contribution in [0, 0.1) is 0 Å². The van der Waals surface area contributed by atoms with Crippen LogP contribution in [0.25, 0.3) is 0 Å². The van der Waals surface area contributed by atoms with Gasteiger partial charge in [0.15, 0.2) is 5.16 Å². The summed E-state index contributed by atoms with van der Waals surface area (Å²) in [6.45, 7) is 3.27. The summed E-state index contributed by atoms with van der Waals surface area (Å²) in [6, 6.07) is -0.1000. The largest absolute Gasteiger partial charge is 0.376 e. The lowest BCUT2D eigenvalue weighted by molar-refractivity contribution is 0.0710. The molecule has 2 atom stereocenters. The van der Waals surface area contributed by atoms with Crippen LogP contribution in [0.3, 0.4) is 0 Å². The summed E-state index contributed by atoms with van der Waals surface area (Å²) < 4.78 is 7.10. The maximum absolute atomic E-state index is 12.2. The fraction of sp³-hybridized carbons (Fsp3) is 0.615. The van der Waals surface area contributed by atoms with Gasteiger partial charge in [-0.2, -0.15) is 0 Å². The zero-order valence-corrected chi connectivity index (χ0v) is 12.1. The number of aromatic nitrogens is 2. The van der Waals surface area contributed by atoms with E-state index in [9.17, 15) is 9.59 Å². The van der Waals surface area contributed by atoms with E-state index in [4.69, 9.17) is 4.74 Å². The first-order valence-corrected chi connectivity index (χ1v) is 7.80. The number of rotatable bonds is 3. The van der Waals surface area contributed by atoms with Crippen molar-refractivity contribution in [2.45, 2.75) is 43.6 Å². The molecule has 0 saturated carbocycles. The van der Waals surface area contributed by atoms with Crippen LogP contribution in [0.2, 0.25) is 0 Å². The molecule has 0 radical (unpaired) electrons. The van der Waals surface area contributed by atoms with Gasteiger partial charge in [-0.05, 0) is 19.8 Å². The molecule has 2 aliphatic rings. The highest BCUT2D eigenvalue weighted by molar-refractivity contribution is 7.99. The molecular weight excluding hydrogens is 278 g/mol. The molecule has 1 saturated heterocycles. The van der Waals surface area contributed by atoms with Crippen LogP contribution < -0.4 is 10.9 Å². The highest BCUT2D eigenvalue weighted by Crippen LogP contribution is 2.20. The Hall–Kier alpha value is -1.34. The molecule has 1 amide bonds. The number of carbonyl (C=O) groups excluding carboxylic acids is 1. The lowest BCUT2D eigenvalue weighted by Gasteiger charge is -2.19. The van der Waals surface area contributed by atoms with E-state index in [0.717, 1.165) is 25.2 Å². The summed E-state index contributed by atoms with van der Waals surface area (Å²) in [4.78, 5) is 28.6. The molecule has 0 unspecified atom stereocenters. The lowest BCUT2D eigenvalue weighted by atomic mass is 10.1. The van der Waals surface area contributed by atoms with Gasteiger partial charge in [0, 0.05) is 25.1 Å². The number of ether oxygens (including phenoxy) is 1. The van der Waals surface area contributed by atoms with E-state index in [0.29, 0.717) is 11.7 Å². The quantitative estimate of drug-likeness (QED) is 0.829. The Morgan fingerprint density at radius 3 is 3.25 bits per heavy atom. The van der Waals surface area contributed by atoms with E-state index in [1.165, 1.54) is 18.0 Å². The van der Waals surface area contributed by atoms with Crippen LogP contribution in [0.5, 0.6) is 0 Å². The molecule has 2 aliphatic heterocycles. The van der Waals surface area contributed by atoms with Crippen LogP contribution in [0.1, 0.15) is 30.1 Å². The Morgan fingerprint density at radius 2 is 2.50 bits per heavy atom.